The molecule has 0 saturated carbocycles. The summed E-state index contributed by atoms with van der Waals surface area (Å²) in [6.45, 7) is 6.51. The predicted molar refractivity (Wildman–Crippen MR) is 93.9 cm³/mol. The van der Waals surface area contributed by atoms with Crippen LogP contribution in [-0.4, -0.2) is 4.92 Å². The minimum Gasteiger partial charge on any atom is -0.258 e. The first-order valence-corrected chi connectivity index (χ1v) is 8.50. The van der Waals surface area contributed by atoms with E-state index in [9.17, 15) is 10.1 Å². The molecule has 2 aromatic carbocycles. The number of nitro groups is 1. The van der Waals surface area contributed by atoms with Crippen molar-refractivity contribution < 1.29 is 4.92 Å². The van der Waals surface area contributed by atoms with E-state index in [0.717, 1.165) is 42.4 Å². The molecule has 0 unspecified atom stereocenters. The lowest BCUT2D eigenvalue weighted by Gasteiger charge is -2.29. The standard InChI is InChI=1S/C20H23NO2/c1-4-9-14-12-18-16(13-19(14)21(22)23)15-10-7-8-11-17(15)20(18,5-2)6-3/h7-8,10-13H,4-6,9H2,1-3H3. The molecule has 0 radical (unpaired) electrons. The topological polar surface area (TPSA) is 43.1 Å². The van der Waals surface area contributed by atoms with Gasteiger partial charge in [-0.2, -0.15) is 0 Å². The molecular weight excluding hydrogens is 286 g/mol. The SMILES string of the molecule is CCCc1cc2c(cc1[N+](=O)[O-])-c1ccccc1C2(CC)CC. The second kappa shape index (κ2) is 5.80. The fourth-order valence-corrected chi connectivity index (χ4v) is 4.18. The minimum absolute atomic E-state index is 0.0104. The molecule has 3 rings (SSSR count). The molecule has 3 nitrogen and oxygen atoms in total. The monoisotopic (exact) mass is 309 g/mol. The molecule has 2 aromatic rings. The number of rotatable bonds is 5. The summed E-state index contributed by atoms with van der Waals surface area (Å²) in [6, 6.07) is 12.3. The molecule has 0 aromatic heterocycles. The van der Waals surface area contributed by atoms with Gasteiger partial charge in [-0.25, -0.2) is 0 Å². The summed E-state index contributed by atoms with van der Waals surface area (Å²) in [6.07, 6.45) is 3.69. The van der Waals surface area contributed by atoms with Gasteiger partial charge in [0.1, 0.15) is 0 Å². The highest BCUT2D eigenvalue weighted by atomic mass is 16.6. The molecule has 1 aliphatic carbocycles. The smallest absolute Gasteiger partial charge is 0.258 e. The number of nitro benzene ring substituents is 1. The van der Waals surface area contributed by atoms with E-state index in [0.29, 0.717) is 0 Å². The Morgan fingerprint density at radius 1 is 1.00 bits per heavy atom. The predicted octanol–water partition coefficient (Wildman–Crippen LogP) is 5.63. The van der Waals surface area contributed by atoms with E-state index in [1.165, 1.54) is 11.1 Å². The van der Waals surface area contributed by atoms with Crippen LogP contribution >= 0.6 is 0 Å². The fourth-order valence-electron chi connectivity index (χ4n) is 4.18. The quantitative estimate of drug-likeness (QED) is 0.530. The number of aryl methyl sites for hydroxylation is 1. The summed E-state index contributed by atoms with van der Waals surface area (Å²) in [5.41, 5.74) is 5.94. The van der Waals surface area contributed by atoms with Crippen LogP contribution in [0.1, 0.15) is 56.7 Å². The summed E-state index contributed by atoms with van der Waals surface area (Å²) in [7, 11) is 0. The van der Waals surface area contributed by atoms with Crippen LogP contribution in [0, 0.1) is 10.1 Å². The molecule has 0 atom stereocenters. The molecule has 1 aliphatic rings. The molecule has 0 fully saturated rings. The van der Waals surface area contributed by atoms with E-state index in [1.54, 1.807) is 0 Å². The van der Waals surface area contributed by atoms with E-state index in [-0.39, 0.29) is 16.0 Å². The van der Waals surface area contributed by atoms with Crippen molar-refractivity contribution >= 4 is 5.69 Å². The number of benzene rings is 2. The molecule has 23 heavy (non-hydrogen) atoms. The Morgan fingerprint density at radius 3 is 2.30 bits per heavy atom. The van der Waals surface area contributed by atoms with Crippen LogP contribution < -0.4 is 0 Å². The Hall–Kier alpha value is -2.16. The molecule has 0 saturated heterocycles. The van der Waals surface area contributed by atoms with Crippen molar-refractivity contribution in [3.05, 3.63) is 63.2 Å². The number of hydrogen-bond acceptors (Lipinski definition) is 2. The lowest BCUT2D eigenvalue weighted by Crippen LogP contribution is -2.23. The van der Waals surface area contributed by atoms with Gasteiger partial charge in [-0.05, 0) is 47.6 Å². The van der Waals surface area contributed by atoms with E-state index in [4.69, 9.17) is 0 Å². The van der Waals surface area contributed by atoms with Crippen molar-refractivity contribution in [3.63, 3.8) is 0 Å². The third kappa shape index (κ3) is 2.18. The van der Waals surface area contributed by atoms with Crippen LogP contribution in [0.3, 0.4) is 0 Å². The lowest BCUT2D eigenvalue weighted by molar-refractivity contribution is -0.385. The van der Waals surface area contributed by atoms with E-state index < -0.39 is 0 Å². The minimum atomic E-state index is -0.230. The van der Waals surface area contributed by atoms with Crippen LogP contribution in [0.2, 0.25) is 0 Å². The molecular formula is C20H23NO2. The molecule has 0 amide bonds. The number of nitrogens with zero attached hydrogens (tertiary/aromatic N) is 1. The van der Waals surface area contributed by atoms with E-state index >= 15 is 0 Å². The Balaban J connectivity index is 2.34. The van der Waals surface area contributed by atoms with Crippen molar-refractivity contribution in [1.29, 1.82) is 0 Å². The van der Waals surface area contributed by atoms with Gasteiger partial charge >= 0.3 is 0 Å². The van der Waals surface area contributed by atoms with Gasteiger partial charge in [0.05, 0.1) is 4.92 Å². The summed E-state index contributed by atoms with van der Waals surface area (Å²) in [5, 5.41) is 11.5. The van der Waals surface area contributed by atoms with Gasteiger partial charge in [-0.15, -0.1) is 0 Å². The fraction of sp³-hybridized carbons (Fsp3) is 0.400. The van der Waals surface area contributed by atoms with Crippen LogP contribution in [0.5, 0.6) is 0 Å². The molecule has 3 heteroatoms. The molecule has 0 spiro atoms. The van der Waals surface area contributed by atoms with E-state index in [1.807, 2.05) is 12.1 Å². The summed E-state index contributed by atoms with van der Waals surface area (Å²) >= 11 is 0. The number of fused-ring (bicyclic) bond motifs is 3. The van der Waals surface area contributed by atoms with Gasteiger partial charge in [-0.3, -0.25) is 10.1 Å². The zero-order chi connectivity index (χ0) is 16.6. The molecule has 0 N–H and O–H groups in total. The van der Waals surface area contributed by atoms with Crippen molar-refractivity contribution in [3.8, 4) is 11.1 Å². The summed E-state index contributed by atoms with van der Waals surface area (Å²) in [5.74, 6) is 0. The Kier molecular flexibility index (Phi) is 3.97. The highest BCUT2D eigenvalue weighted by molar-refractivity contribution is 5.83. The zero-order valence-corrected chi connectivity index (χ0v) is 14.1. The highest BCUT2D eigenvalue weighted by Crippen LogP contribution is 2.53. The number of hydrogen-bond donors (Lipinski definition) is 0. The average Bonchev–Trinajstić information content (AvgIpc) is 2.84. The first-order chi connectivity index (χ1) is 11.1. The zero-order valence-electron chi connectivity index (χ0n) is 14.1. The van der Waals surface area contributed by atoms with Crippen molar-refractivity contribution in [2.75, 3.05) is 0 Å². The summed E-state index contributed by atoms with van der Waals surface area (Å²) in [4.78, 5) is 11.3. The van der Waals surface area contributed by atoms with Gasteiger partial charge in [0, 0.05) is 17.0 Å². The first-order valence-electron chi connectivity index (χ1n) is 8.50. The largest absolute Gasteiger partial charge is 0.273 e. The van der Waals surface area contributed by atoms with Crippen LogP contribution in [0.25, 0.3) is 11.1 Å². The molecule has 0 bridgehead atoms. The molecule has 0 heterocycles. The van der Waals surface area contributed by atoms with Gasteiger partial charge in [-0.1, -0.05) is 51.5 Å². The van der Waals surface area contributed by atoms with Crippen molar-refractivity contribution in [2.24, 2.45) is 0 Å². The average molecular weight is 309 g/mol. The lowest BCUT2D eigenvalue weighted by atomic mass is 9.73. The third-order valence-corrected chi connectivity index (χ3v) is 5.39. The van der Waals surface area contributed by atoms with E-state index in [2.05, 4.69) is 45.0 Å². The third-order valence-electron chi connectivity index (χ3n) is 5.39. The Labute approximate surface area is 137 Å². The van der Waals surface area contributed by atoms with Gasteiger partial charge < -0.3 is 0 Å². The molecule has 120 valence electrons. The van der Waals surface area contributed by atoms with Gasteiger partial charge in [0.15, 0.2) is 0 Å². The van der Waals surface area contributed by atoms with Crippen LogP contribution in [0.15, 0.2) is 36.4 Å². The van der Waals surface area contributed by atoms with Crippen molar-refractivity contribution in [2.45, 2.75) is 51.9 Å². The highest BCUT2D eigenvalue weighted by Gasteiger charge is 2.41. The van der Waals surface area contributed by atoms with Crippen molar-refractivity contribution in [1.82, 2.24) is 0 Å². The first kappa shape index (κ1) is 15.7. The summed E-state index contributed by atoms with van der Waals surface area (Å²) < 4.78 is 0. The van der Waals surface area contributed by atoms with Crippen LogP contribution in [0.4, 0.5) is 5.69 Å². The normalized spacial score (nSPS) is 14.4. The Morgan fingerprint density at radius 2 is 1.70 bits per heavy atom. The maximum Gasteiger partial charge on any atom is 0.273 e. The maximum absolute atomic E-state index is 11.5. The molecule has 0 aliphatic heterocycles. The maximum atomic E-state index is 11.5. The second-order valence-electron chi connectivity index (χ2n) is 6.37. The van der Waals surface area contributed by atoms with Gasteiger partial charge in [0.25, 0.3) is 5.69 Å². The Bertz CT molecular complexity index is 760. The second-order valence-corrected chi connectivity index (χ2v) is 6.37. The van der Waals surface area contributed by atoms with Crippen LogP contribution in [-0.2, 0) is 11.8 Å². The van der Waals surface area contributed by atoms with Gasteiger partial charge in [0.2, 0.25) is 0 Å².